The molecule has 0 aliphatic heterocycles. The number of hydrogen-bond acceptors (Lipinski definition) is 4. The second-order valence-electron chi connectivity index (χ2n) is 3.60. The summed E-state index contributed by atoms with van der Waals surface area (Å²) >= 11 is 0. The molecule has 5 heteroatoms. The molecule has 0 amide bonds. The molecule has 2 aromatic rings. The summed E-state index contributed by atoms with van der Waals surface area (Å²) in [5.74, 6) is 0.544. The van der Waals surface area contributed by atoms with Crippen molar-refractivity contribution in [3.63, 3.8) is 0 Å². The lowest BCUT2D eigenvalue weighted by molar-refractivity contribution is 0.361. The number of hydrogen-bond donors (Lipinski definition) is 1. The zero-order valence-electron chi connectivity index (χ0n) is 8.85. The van der Waals surface area contributed by atoms with E-state index in [0.29, 0.717) is 23.8 Å². The van der Waals surface area contributed by atoms with Gasteiger partial charge in [-0.2, -0.15) is 4.98 Å². The molecule has 4 nitrogen and oxygen atoms in total. The molecule has 1 atom stereocenters. The molecule has 2 N–H and O–H groups in total. The van der Waals surface area contributed by atoms with Gasteiger partial charge < -0.3 is 10.3 Å². The Bertz CT molecular complexity index is 484. The number of rotatable bonds is 3. The van der Waals surface area contributed by atoms with Crippen LogP contribution in [0.5, 0.6) is 0 Å². The minimum absolute atomic E-state index is 0.00908. The second-order valence-corrected chi connectivity index (χ2v) is 3.60. The fraction of sp³-hybridized carbons (Fsp3) is 0.273. The van der Waals surface area contributed by atoms with E-state index < -0.39 is 0 Å². The molecular formula is C11H12FN3O. The first-order valence-electron chi connectivity index (χ1n) is 5.00. The van der Waals surface area contributed by atoms with Crippen molar-refractivity contribution in [1.82, 2.24) is 10.1 Å². The van der Waals surface area contributed by atoms with Gasteiger partial charge in [-0.25, -0.2) is 4.39 Å². The number of nitrogens with zero attached hydrogens (tertiary/aromatic N) is 2. The maximum Gasteiger partial charge on any atom is 0.231 e. The van der Waals surface area contributed by atoms with Gasteiger partial charge in [0, 0.05) is 18.0 Å². The first-order valence-corrected chi connectivity index (χ1v) is 5.00. The summed E-state index contributed by atoms with van der Waals surface area (Å²) in [5.41, 5.74) is 6.08. The molecule has 0 radical (unpaired) electrons. The maximum absolute atomic E-state index is 13.0. The van der Waals surface area contributed by atoms with Crippen molar-refractivity contribution in [2.45, 2.75) is 12.8 Å². The van der Waals surface area contributed by atoms with Crippen LogP contribution in [0, 0.1) is 5.82 Å². The third-order valence-electron chi connectivity index (χ3n) is 2.30. The molecule has 84 valence electrons. The minimum Gasteiger partial charge on any atom is -0.339 e. The molecule has 1 heterocycles. The molecule has 1 aromatic carbocycles. The van der Waals surface area contributed by atoms with Crippen LogP contribution in [0.1, 0.15) is 18.7 Å². The van der Waals surface area contributed by atoms with E-state index in [4.69, 9.17) is 10.3 Å². The summed E-state index contributed by atoms with van der Waals surface area (Å²) in [6.45, 7) is 2.33. The van der Waals surface area contributed by atoms with Gasteiger partial charge in [0.25, 0.3) is 0 Å². The number of halogens is 1. The molecule has 1 aromatic heterocycles. The van der Waals surface area contributed by atoms with Crippen LogP contribution in [-0.4, -0.2) is 16.7 Å². The van der Waals surface area contributed by atoms with Crippen LogP contribution in [0.3, 0.4) is 0 Å². The molecule has 2 rings (SSSR count). The van der Waals surface area contributed by atoms with Gasteiger partial charge in [0.1, 0.15) is 5.82 Å². The quantitative estimate of drug-likeness (QED) is 0.860. The number of aromatic nitrogens is 2. The zero-order chi connectivity index (χ0) is 11.5. The Kier molecular flexibility index (Phi) is 2.96. The van der Waals surface area contributed by atoms with Crippen molar-refractivity contribution in [2.75, 3.05) is 6.54 Å². The first-order chi connectivity index (χ1) is 7.70. The molecule has 0 fully saturated rings. The van der Waals surface area contributed by atoms with Crippen molar-refractivity contribution in [2.24, 2.45) is 5.73 Å². The van der Waals surface area contributed by atoms with Crippen molar-refractivity contribution in [3.05, 3.63) is 36.0 Å². The fourth-order valence-corrected chi connectivity index (χ4v) is 1.28. The van der Waals surface area contributed by atoms with Crippen LogP contribution < -0.4 is 5.73 Å². The average Bonchev–Trinajstić information content (AvgIpc) is 2.77. The van der Waals surface area contributed by atoms with Crippen LogP contribution in [0.15, 0.2) is 28.8 Å². The van der Waals surface area contributed by atoms with Gasteiger partial charge >= 0.3 is 0 Å². The Labute approximate surface area is 92.3 Å². The highest BCUT2D eigenvalue weighted by atomic mass is 19.1. The summed E-state index contributed by atoms with van der Waals surface area (Å²) < 4.78 is 18.0. The van der Waals surface area contributed by atoms with Gasteiger partial charge in [-0.1, -0.05) is 24.2 Å². The van der Waals surface area contributed by atoms with Crippen LogP contribution in [-0.2, 0) is 0 Å². The lowest BCUT2D eigenvalue weighted by atomic mass is 10.2. The van der Waals surface area contributed by atoms with Gasteiger partial charge in [-0.3, -0.25) is 0 Å². The van der Waals surface area contributed by atoms with E-state index in [1.165, 1.54) is 12.1 Å². The van der Waals surface area contributed by atoms with E-state index in [0.717, 1.165) is 0 Å². The molecule has 1 unspecified atom stereocenters. The Morgan fingerprint density at radius 1 is 1.50 bits per heavy atom. The normalized spacial score (nSPS) is 12.7. The van der Waals surface area contributed by atoms with Gasteiger partial charge in [0.05, 0.1) is 0 Å². The van der Waals surface area contributed by atoms with E-state index in [2.05, 4.69) is 10.1 Å². The molecule has 0 saturated heterocycles. The topological polar surface area (TPSA) is 64.9 Å². The van der Waals surface area contributed by atoms with Crippen molar-refractivity contribution in [1.29, 1.82) is 0 Å². The van der Waals surface area contributed by atoms with Crippen molar-refractivity contribution in [3.8, 4) is 11.4 Å². The Morgan fingerprint density at radius 2 is 2.31 bits per heavy atom. The molecule has 16 heavy (non-hydrogen) atoms. The van der Waals surface area contributed by atoms with Crippen LogP contribution in [0.25, 0.3) is 11.4 Å². The van der Waals surface area contributed by atoms with Crippen LogP contribution >= 0.6 is 0 Å². The fourth-order valence-electron chi connectivity index (χ4n) is 1.28. The van der Waals surface area contributed by atoms with Crippen LogP contribution in [0.4, 0.5) is 4.39 Å². The molecule has 0 spiro atoms. The summed E-state index contributed by atoms with van der Waals surface area (Å²) in [4.78, 5) is 4.17. The van der Waals surface area contributed by atoms with Gasteiger partial charge in [0.15, 0.2) is 0 Å². The zero-order valence-corrected chi connectivity index (χ0v) is 8.85. The molecule has 0 saturated carbocycles. The van der Waals surface area contributed by atoms with Gasteiger partial charge in [0.2, 0.25) is 11.7 Å². The summed E-state index contributed by atoms with van der Waals surface area (Å²) in [7, 11) is 0. The third kappa shape index (κ3) is 2.09. The SMILES string of the molecule is CC(CN)c1nc(-c2cccc(F)c2)no1. The molecule has 0 bridgehead atoms. The van der Waals surface area contributed by atoms with E-state index in [1.807, 2.05) is 6.92 Å². The monoisotopic (exact) mass is 221 g/mol. The van der Waals surface area contributed by atoms with Crippen molar-refractivity contribution >= 4 is 0 Å². The molecule has 0 aliphatic carbocycles. The largest absolute Gasteiger partial charge is 0.339 e. The highest BCUT2D eigenvalue weighted by Gasteiger charge is 2.13. The van der Waals surface area contributed by atoms with Gasteiger partial charge in [-0.15, -0.1) is 0 Å². The van der Waals surface area contributed by atoms with E-state index in [9.17, 15) is 4.39 Å². The molecular weight excluding hydrogens is 209 g/mol. The van der Waals surface area contributed by atoms with E-state index >= 15 is 0 Å². The highest BCUT2D eigenvalue weighted by molar-refractivity contribution is 5.53. The lowest BCUT2D eigenvalue weighted by Crippen LogP contribution is -2.08. The third-order valence-corrected chi connectivity index (χ3v) is 2.30. The Hall–Kier alpha value is -1.75. The Balaban J connectivity index is 2.31. The van der Waals surface area contributed by atoms with E-state index in [-0.39, 0.29) is 11.7 Å². The number of nitrogens with two attached hydrogens (primary N) is 1. The lowest BCUT2D eigenvalue weighted by Gasteiger charge is -1.98. The summed E-state index contributed by atoms with van der Waals surface area (Å²) in [5, 5.41) is 3.79. The van der Waals surface area contributed by atoms with Gasteiger partial charge in [-0.05, 0) is 12.1 Å². The maximum atomic E-state index is 13.0. The highest BCUT2D eigenvalue weighted by Crippen LogP contribution is 2.19. The second kappa shape index (κ2) is 4.40. The summed E-state index contributed by atoms with van der Waals surface area (Å²) in [6.07, 6.45) is 0. The van der Waals surface area contributed by atoms with Crippen molar-refractivity contribution < 1.29 is 8.91 Å². The summed E-state index contributed by atoms with van der Waals surface area (Å²) in [6, 6.07) is 6.06. The smallest absolute Gasteiger partial charge is 0.231 e. The van der Waals surface area contributed by atoms with Crippen LogP contribution in [0.2, 0.25) is 0 Å². The van der Waals surface area contributed by atoms with E-state index in [1.54, 1.807) is 12.1 Å². The Morgan fingerprint density at radius 3 is 3.00 bits per heavy atom. The minimum atomic E-state index is -0.323. The predicted octanol–water partition coefficient (Wildman–Crippen LogP) is 1.94. The predicted molar refractivity (Wildman–Crippen MR) is 57.2 cm³/mol. The number of benzene rings is 1. The molecule has 0 aliphatic rings. The first kappa shape index (κ1) is 10.8. The standard InChI is InChI=1S/C11H12FN3O/c1-7(6-13)11-14-10(15-16-11)8-3-2-4-9(12)5-8/h2-5,7H,6,13H2,1H3. The average molecular weight is 221 g/mol.